The Balaban J connectivity index is 3.31. The monoisotopic (exact) mass is 289 g/mol. The van der Waals surface area contributed by atoms with Crippen molar-refractivity contribution in [2.45, 2.75) is 58.4 Å². The van der Waals surface area contributed by atoms with E-state index in [1.165, 1.54) is 26.2 Å². The van der Waals surface area contributed by atoms with E-state index >= 15 is 0 Å². The van der Waals surface area contributed by atoms with Gasteiger partial charge in [-0.2, -0.15) is 11.8 Å². The predicted molar refractivity (Wildman–Crippen MR) is 80.3 cm³/mol. The van der Waals surface area contributed by atoms with Crippen LogP contribution in [0.2, 0.25) is 0 Å². The van der Waals surface area contributed by atoms with Gasteiger partial charge in [-0.05, 0) is 13.3 Å². The summed E-state index contributed by atoms with van der Waals surface area (Å²) < 4.78 is 5.11. The molecule has 0 bridgehead atoms. The van der Waals surface area contributed by atoms with Gasteiger partial charge in [0.2, 0.25) is 0 Å². The number of carbonyl (C=O) groups is 2. The molecule has 5 heteroatoms. The maximum atomic E-state index is 11.4. The second-order valence-electron chi connectivity index (χ2n) is 4.68. The van der Waals surface area contributed by atoms with Crippen LogP contribution in [0.15, 0.2) is 0 Å². The first kappa shape index (κ1) is 18.4. The molecule has 0 amide bonds. The minimum Gasteiger partial charge on any atom is -0.465 e. The van der Waals surface area contributed by atoms with E-state index in [-0.39, 0.29) is 11.8 Å². The van der Waals surface area contributed by atoms with Gasteiger partial charge in [-0.15, -0.1) is 0 Å². The maximum Gasteiger partial charge on any atom is 0.305 e. The number of unbranched alkanes of at least 4 members (excludes halogenated alkanes) is 4. The second-order valence-corrected chi connectivity index (χ2v) is 5.83. The number of hydrogen-bond acceptors (Lipinski definition) is 5. The van der Waals surface area contributed by atoms with Crippen molar-refractivity contribution in [1.29, 1.82) is 0 Å². The average Bonchev–Trinajstić information content (AvgIpc) is 2.37. The summed E-state index contributed by atoms with van der Waals surface area (Å²) in [5.74, 6) is 1.16. The summed E-state index contributed by atoms with van der Waals surface area (Å²) in [5, 5.41) is 0. The lowest BCUT2D eigenvalue weighted by Crippen LogP contribution is -2.31. The van der Waals surface area contributed by atoms with Crippen LogP contribution in [0.4, 0.5) is 0 Å². The molecule has 0 rings (SSSR count). The molecule has 0 radical (unpaired) electrons. The minimum atomic E-state index is -0.403. The van der Waals surface area contributed by atoms with Crippen LogP contribution in [0, 0.1) is 0 Å². The Kier molecular flexibility index (Phi) is 12.1. The summed E-state index contributed by atoms with van der Waals surface area (Å²) >= 11 is 1.54. The highest BCUT2D eigenvalue weighted by molar-refractivity contribution is 7.99. The molecule has 1 atom stereocenters. The molecular weight excluding hydrogens is 262 g/mol. The highest BCUT2D eigenvalue weighted by Crippen LogP contribution is 2.06. The van der Waals surface area contributed by atoms with Crippen LogP contribution in [-0.2, 0) is 14.3 Å². The molecule has 0 heterocycles. The Bertz CT molecular complexity index is 259. The number of ketones is 1. The largest absolute Gasteiger partial charge is 0.465 e. The van der Waals surface area contributed by atoms with Crippen LogP contribution in [0.1, 0.15) is 52.4 Å². The van der Waals surface area contributed by atoms with Crippen LogP contribution in [0.25, 0.3) is 0 Å². The summed E-state index contributed by atoms with van der Waals surface area (Å²) in [4.78, 5) is 22.3. The fourth-order valence-corrected chi connectivity index (χ4v) is 2.34. The molecule has 0 saturated carbocycles. The van der Waals surface area contributed by atoms with E-state index in [1.807, 2.05) is 0 Å². The van der Waals surface area contributed by atoms with Crippen molar-refractivity contribution in [3.63, 3.8) is 0 Å². The summed E-state index contributed by atoms with van der Waals surface area (Å²) in [6.45, 7) is 4.07. The van der Waals surface area contributed by atoms with Crippen molar-refractivity contribution < 1.29 is 14.3 Å². The number of rotatable bonds is 12. The molecule has 0 fully saturated rings. The highest BCUT2D eigenvalue weighted by Gasteiger charge is 2.08. The van der Waals surface area contributed by atoms with Gasteiger partial charge in [-0.1, -0.05) is 32.6 Å². The van der Waals surface area contributed by atoms with Crippen LogP contribution in [0.3, 0.4) is 0 Å². The van der Waals surface area contributed by atoms with E-state index in [4.69, 9.17) is 10.5 Å². The van der Waals surface area contributed by atoms with Gasteiger partial charge < -0.3 is 10.5 Å². The molecule has 0 aromatic heterocycles. The molecular formula is C14H27NO3S. The highest BCUT2D eigenvalue weighted by atomic mass is 32.2. The summed E-state index contributed by atoms with van der Waals surface area (Å²) in [5.41, 5.74) is 5.59. The molecule has 0 spiro atoms. The van der Waals surface area contributed by atoms with Crippen molar-refractivity contribution in [2.24, 2.45) is 5.73 Å². The Morgan fingerprint density at radius 3 is 2.53 bits per heavy atom. The Morgan fingerprint density at radius 2 is 1.89 bits per heavy atom. The van der Waals surface area contributed by atoms with Gasteiger partial charge in [0.25, 0.3) is 0 Å². The van der Waals surface area contributed by atoms with E-state index < -0.39 is 6.04 Å². The van der Waals surface area contributed by atoms with Crippen molar-refractivity contribution in [2.75, 3.05) is 18.1 Å². The first-order valence-electron chi connectivity index (χ1n) is 7.07. The molecule has 0 aromatic carbocycles. The number of esters is 1. The van der Waals surface area contributed by atoms with Gasteiger partial charge in [0.15, 0.2) is 0 Å². The van der Waals surface area contributed by atoms with Gasteiger partial charge >= 0.3 is 5.97 Å². The Morgan fingerprint density at radius 1 is 1.21 bits per heavy atom. The molecule has 4 nitrogen and oxygen atoms in total. The molecule has 0 aromatic rings. The van der Waals surface area contributed by atoms with Gasteiger partial charge in [-0.3, -0.25) is 9.59 Å². The standard InChI is InChI=1S/C14H27NO3S/c1-3-4-5-6-7-8-14(17)18-9-10-19-11-13(15)12(2)16/h13H,3-11,15H2,1-2H3/t13-/m0/s1. The van der Waals surface area contributed by atoms with Crippen molar-refractivity contribution in [3.05, 3.63) is 0 Å². The third kappa shape index (κ3) is 12.2. The maximum absolute atomic E-state index is 11.4. The molecule has 0 saturated heterocycles. The smallest absolute Gasteiger partial charge is 0.305 e. The first-order chi connectivity index (χ1) is 9.07. The molecule has 2 N–H and O–H groups in total. The van der Waals surface area contributed by atoms with E-state index in [1.54, 1.807) is 11.8 Å². The van der Waals surface area contributed by atoms with Crippen LogP contribution >= 0.6 is 11.8 Å². The molecule has 19 heavy (non-hydrogen) atoms. The van der Waals surface area contributed by atoms with Crippen molar-refractivity contribution >= 4 is 23.5 Å². The van der Waals surface area contributed by atoms with E-state index in [0.29, 0.717) is 24.5 Å². The van der Waals surface area contributed by atoms with Crippen LogP contribution < -0.4 is 5.73 Å². The molecule has 0 aliphatic rings. The van der Waals surface area contributed by atoms with E-state index in [0.717, 1.165) is 12.8 Å². The van der Waals surface area contributed by atoms with Gasteiger partial charge in [0.05, 0.1) is 6.04 Å². The summed E-state index contributed by atoms with van der Waals surface area (Å²) in [7, 11) is 0. The summed E-state index contributed by atoms with van der Waals surface area (Å²) in [6.07, 6.45) is 6.18. The Labute approximate surface area is 120 Å². The quantitative estimate of drug-likeness (QED) is 0.441. The lowest BCUT2D eigenvalue weighted by Gasteiger charge is -2.07. The van der Waals surface area contributed by atoms with Crippen LogP contribution in [-0.4, -0.2) is 35.9 Å². The predicted octanol–water partition coefficient (Wildman–Crippen LogP) is 2.54. The fraction of sp³-hybridized carbons (Fsp3) is 0.857. The zero-order valence-electron chi connectivity index (χ0n) is 12.2. The van der Waals surface area contributed by atoms with Crippen molar-refractivity contribution in [3.8, 4) is 0 Å². The number of Topliss-reactive ketones (excluding diaryl/α,β-unsaturated/α-hetero) is 1. The molecule has 0 aliphatic carbocycles. The molecule has 112 valence electrons. The molecule has 0 unspecified atom stereocenters. The number of thioether (sulfide) groups is 1. The normalized spacial score (nSPS) is 12.2. The minimum absolute atomic E-state index is 0.00317. The molecule has 0 aliphatic heterocycles. The van der Waals surface area contributed by atoms with Gasteiger partial charge in [-0.25, -0.2) is 0 Å². The fourth-order valence-electron chi connectivity index (χ4n) is 1.49. The number of carbonyl (C=O) groups excluding carboxylic acids is 2. The summed E-state index contributed by atoms with van der Waals surface area (Å²) in [6, 6.07) is -0.403. The Hall–Kier alpha value is -0.550. The SMILES string of the molecule is CCCCCCCC(=O)OCCSC[C@H](N)C(C)=O. The third-order valence-corrected chi connectivity index (χ3v) is 3.84. The zero-order valence-corrected chi connectivity index (χ0v) is 13.0. The van der Waals surface area contributed by atoms with Gasteiger partial charge in [0.1, 0.15) is 12.4 Å². The van der Waals surface area contributed by atoms with Crippen molar-refractivity contribution in [1.82, 2.24) is 0 Å². The average molecular weight is 289 g/mol. The van der Waals surface area contributed by atoms with Crippen LogP contribution in [0.5, 0.6) is 0 Å². The number of ether oxygens (including phenoxy) is 1. The lowest BCUT2D eigenvalue weighted by molar-refractivity contribution is -0.143. The second kappa shape index (κ2) is 12.5. The van der Waals surface area contributed by atoms with E-state index in [2.05, 4.69) is 6.92 Å². The van der Waals surface area contributed by atoms with Gasteiger partial charge in [0, 0.05) is 17.9 Å². The number of hydrogen-bond donors (Lipinski definition) is 1. The zero-order chi connectivity index (χ0) is 14.5. The topological polar surface area (TPSA) is 69.4 Å². The lowest BCUT2D eigenvalue weighted by atomic mass is 10.1. The first-order valence-corrected chi connectivity index (χ1v) is 8.22. The third-order valence-electron chi connectivity index (χ3n) is 2.79. The number of nitrogens with two attached hydrogens (primary N) is 1. The van der Waals surface area contributed by atoms with E-state index in [9.17, 15) is 9.59 Å².